The van der Waals surface area contributed by atoms with Gasteiger partial charge in [0.15, 0.2) is 0 Å². The second-order valence-electron chi connectivity index (χ2n) is 6.93. The van der Waals surface area contributed by atoms with E-state index in [9.17, 15) is 4.79 Å². The number of aromatic nitrogens is 2. The monoisotopic (exact) mass is 354 g/mol. The van der Waals surface area contributed by atoms with Crippen molar-refractivity contribution in [3.05, 3.63) is 34.9 Å². The lowest BCUT2D eigenvalue weighted by atomic mass is 10.0. The van der Waals surface area contributed by atoms with Crippen molar-refractivity contribution in [3.63, 3.8) is 0 Å². The lowest BCUT2D eigenvalue weighted by Crippen LogP contribution is -2.47. The second-order valence-corrected chi connectivity index (χ2v) is 6.93. The van der Waals surface area contributed by atoms with Gasteiger partial charge in [0.1, 0.15) is 11.5 Å². The Kier molecular flexibility index (Phi) is 4.03. The normalized spacial score (nSPS) is 15.8. The van der Waals surface area contributed by atoms with Gasteiger partial charge in [-0.1, -0.05) is 5.16 Å². The van der Waals surface area contributed by atoms with Crippen LogP contribution in [0.3, 0.4) is 0 Å². The molecule has 0 bridgehead atoms. The van der Waals surface area contributed by atoms with Crippen molar-refractivity contribution in [2.45, 2.75) is 20.8 Å². The zero-order valence-electron chi connectivity index (χ0n) is 15.5. The van der Waals surface area contributed by atoms with Crippen molar-refractivity contribution >= 4 is 17.0 Å². The molecule has 3 aromatic rings. The minimum Gasteiger partial charge on any atom is -0.466 e. The number of nitrogens with zero attached hydrogens (tertiary/aromatic N) is 4. The van der Waals surface area contributed by atoms with Crippen molar-refractivity contribution in [1.82, 2.24) is 19.9 Å². The zero-order chi connectivity index (χ0) is 18.4. The predicted molar refractivity (Wildman–Crippen MR) is 97.1 cm³/mol. The number of carbonyl (C=O) groups excluding carboxylic acids is 1. The first kappa shape index (κ1) is 16.8. The van der Waals surface area contributed by atoms with E-state index in [1.807, 2.05) is 37.8 Å². The summed E-state index contributed by atoms with van der Waals surface area (Å²) in [7, 11) is 2.07. The molecule has 0 spiro atoms. The smallest absolute Gasteiger partial charge is 0.259 e. The Labute approximate surface area is 151 Å². The zero-order valence-corrected chi connectivity index (χ0v) is 15.5. The van der Waals surface area contributed by atoms with E-state index in [4.69, 9.17) is 8.94 Å². The molecule has 1 fully saturated rings. The third kappa shape index (κ3) is 2.78. The summed E-state index contributed by atoms with van der Waals surface area (Å²) in [4.78, 5) is 21.9. The van der Waals surface area contributed by atoms with E-state index in [0.29, 0.717) is 41.1 Å². The van der Waals surface area contributed by atoms with Gasteiger partial charge in [0.2, 0.25) is 0 Å². The van der Waals surface area contributed by atoms with Crippen LogP contribution in [0.5, 0.6) is 0 Å². The molecule has 4 heterocycles. The molecule has 0 N–H and O–H groups in total. The van der Waals surface area contributed by atoms with Crippen LogP contribution in [0.25, 0.3) is 22.4 Å². The molecule has 4 rings (SSSR count). The first-order valence-electron chi connectivity index (χ1n) is 8.76. The van der Waals surface area contributed by atoms with Gasteiger partial charge < -0.3 is 18.7 Å². The third-order valence-electron chi connectivity index (χ3n) is 4.95. The van der Waals surface area contributed by atoms with E-state index >= 15 is 0 Å². The molecule has 1 aliphatic rings. The maximum absolute atomic E-state index is 13.2. The van der Waals surface area contributed by atoms with E-state index in [1.165, 1.54) is 0 Å². The molecular formula is C19H22N4O3. The van der Waals surface area contributed by atoms with Crippen LogP contribution in [0.4, 0.5) is 0 Å². The van der Waals surface area contributed by atoms with Gasteiger partial charge in [-0.2, -0.15) is 0 Å². The summed E-state index contributed by atoms with van der Waals surface area (Å²) in [5.74, 6) is 1.57. The van der Waals surface area contributed by atoms with E-state index < -0.39 is 0 Å². The summed E-state index contributed by atoms with van der Waals surface area (Å²) in [6.07, 6.45) is 0. The Morgan fingerprint density at radius 1 is 1.12 bits per heavy atom. The average Bonchev–Trinajstić information content (AvgIpc) is 3.16. The van der Waals surface area contributed by atoms with Crippen LogP contribution in [0.15, 0.2) is 21.1 Å². The van der Waals surface area contributed by atoms with Gasteiger partial charge in [-0.05, 0) is 40.0 Å². The Balaban J connectivity index is 1.83. The number of rotatable bonds is 2. The van der Waals surface area contributed by atoms with Gasteiger partial charge in [0.25, 0.3) is 11.6 Å². The van der Waals surface area contributed by atoms with Gasteiger partial charge >= 0.3 is 0 Å². The molecule has 0 unspecified atom stereocenters. The number of hydrogen-bond donors (Lipinski definition) is 0. The highest BCUT2D eigenvalue weighted by Gasteiger charge is 2.26. The molecule has 7 nitrogen and oxygen atoms in total. The number of fused-ring (bicyclic) bond motifs is 1. The minimum absolute atomic E-state index is 0.00378. The third-order valence-corrected chi connectivity index (χ3v) is 4.95. The summed E-state index contributed by atoms with van der Waals surface area (Å²) in [5.41, 5.74) is 3.19. The number of carbonyl (C=O) groups is 1. The number of hydrogen-bond acceptors (Lipinski definition) is 6. The van der Waals surface area contributed by atoms with Crippen molar-refractivity contribution in [3.8, 4) is 11.3 Å². The fourth-order valence-electron chi connectivity index (χ4n) is 3.47. The fraction of sp³-hybridized carbons (Fsp3) is 0.421. The fourth-order valence-corrected chi connectivity index (χ4v) is 3.47. The lowest BCUT2D eigenvalue weighted by Gasteiger charge is -2.32. The molecule has 1 saturated heterocycles. The van der Waals surface area contributed by atoms with E-state index in [0.717, 1.165) is 30.2 Å². The number of pyridine rings is 1. The van der Waals surface area contributed by atoms with Crippen molar-refractivity contribution in [2.24, 2.45) is 0 Å². The summed E-state index contributed by atoms with van der Waals surface area (Å²) in [5, 5.41) is 4.71. The van der Waals surface area contributed by atoms with Crippen LogP contribution in [-0.2, 0) is 0 Å². The summed E-state index contributed by atoms with van der Waals surface area (Å²) in [6.45, 7) is 8.78. The Bertz CT molecular complexity index is 980. The number of piperazine rings is 1. The Hall–Kier alpha value is -2.67. The number of aryl methyl sites for hydroxylation is 3. The molecule has 7 heteroatoms. The van der Waals surface area contributed by atoms with Gasteiger partial charge in [-0.3, -0.25) is 4.79 Å². The lowest BCUT2D eigenvalue weighted by molar-refractivity contribution is 0.0666. The molecule has 1 aliphatic heterocycles. The molecule has 3 aromatic heterocycles. The molecule has 0 saturated carbocycles. The molecule has 1 amide bonds. The van der Waals surface area contributed by atoms with E-state index in [2.05, 4.69) is 22.1 Å². The molecule has 0 aliphatic carbocycles. The van der Waals surface area contributed by atoms with Crippen LogP contribution >= 0.6 is 0 Å². The standard InChI is InChI=1S/C19H22N4O3/c1-11-9-14(13(3)25-11)16-10-15(17-12(2)21-26-18(17)20-16)19(24)23-7-5-22(4)6-8-23/h9-10H,5-8H2,1-4H3. The van der Waals surface area contributed by atoms with Crippen molar-refractivity contribution in [2.75, 3.05) is 33.2 Å². The quantitative estimate of drug-likeness (QED) is 0.704. The first-order valence-corrected chi connectivity index (χ1v) is 8.76. The molecule has 136 valence electrons. The van der Waals surface area contributed by atoms with Crippen LogP contribution < -0.4 is 0 Å². The van der Waals surface area contributed by atoms with Crippen LogP contribution in [-0.4, -0.2) is 59.1 Å². The molecule has 0 radical (unpaired) electrons. The largest absolute Gasteiger partial charge is 0.466 e. The highest BCUT2D eigenvalue weighted by molar-refractivity contribution is 6.07. The SMILES string of the molecule is Cc1cc(-c2cc(C(=O)N3CCN(C)CC3)c3c(C)noc3n2)c(C)o1. The average molecular weight is 354 g/mol. The van der Waals surface area contributed by atoms with Gasteiger partial charge in [-0.15, -0.1) is 0 Å². The Morgan fingerprint density at radius 3 is 2.50 bits per heavy atom. The highest BCUT2D eigenvalue weighted by Crippen LogP contribution is 2.31. The van der Waals surface area contributed by atoms with Crippen molar-refractivity contribution in [1.29, 1.82) is 0 Å². The highest BCUT2D eigenvalue weighted by atomic mass is 16.5. The molecule has 0 atom stereocenters. The number of furan rings is 1. The summed E-state index contributed by atoms with van der Waals surface area (Å²) >= 11 is 0. The minimum atomic E-state index is -0.00378. The maximum atomic E-state index is 13.2. The van der Waals surface area contributed by atoms with Gasteiger partial charge in [-0.25, -0.2) is 4.98 Å². The topological polar surface area (TPSA) is 75.6 Å². The first-order chi connectivity index (χ1) is 12.4. The Morgan fingerprint density at radius 2 is 1.85 bits per heavy atom. The number of amides is 1. The maximum Gasteiger partial charge on any atom is 0.259 e. The second kappa shape index (κ2) is 6.25. The van der Waals surface area contributed by atoms with Gasteiger partial charge in [0, 0.05) is 31.7 Å². The van der Waals surface area contributed by atoms with Crippen LogP contribution in [0.1, 0.15) is 27.6 Å². The molecule has 26 heavy (non-hydrogen) atoms. The predicted octanol–water partition coefficient (Wildman–Crippen LogP) is 2.80. The van der Waals surface area contributed by atoms with Crippen LogP contribution in [0, 0.1) is 20.8 Å². The molecular weight excluding hydrogens is 332 g/mol. The van der Waals surface area contributed by atoms with E-state index in [1.54, 1.807) is 0 Å². The summed E-state index contributed by atoms with van der Waals surface area (Å²) < 4.78 is 11.0. The number of likely N-dealkylation sites (N-methyl/N-ethyl adjacent to an activating group) is 1. The molecule has 0 aromatic carbocycles. The van der Waals surface area contributed by atoms with Crippen molar-refractivity contribution < 1.29 is 13.7 Å². The van der Waals surface area contributed by atoms with Gasteiger partial charge in [0.05, 0.1) is 22.3 Å². The van der Waals surface area contributed by atoms with E-state index in [-0.39, 0.29) is 5.91 Å². The summed E-state index contributed by atoms with van der Waals surface area (Å²) in [6, 6.07) is 3.77. The van der Waals surface area contributed by atoms with Crippen LogP contribution in [0.2, 0.25) is 0 Å².